The molecule has 5 heteroatoms. The Morgan fingerprint density at radius 3 is 3.15 bits per heavy atom. The molecule has 2 atom stereocenters. The third kappa shape index (κ3) is 2.38. The summed E-state index contributed by atoms with van der Waals surface area (Å²) in [6, 6.07) is 1.20. The van der Waals surface area contributed by atoms with Crippen LogP contribution >= 0.6 is 11.5 Å². The molecule has 1 aromatic heterocycles. The van der Waals surface area contributed by atoms with Crippen LogP contribution in [0, 0.1) is 0 Å². The Morgan fingerprint density at radius 2 is 2.54 bits per heavy atom. The van der Waals surface area contributed by atoms with Crippen LogP contribution in [0.3, 0.4) is 0 Å². The summed E-state index contributed by atoms with van der Waals surface area (Å²) in [4.78, 5) is 0. The van der Waals surface area contributed by atoms with E-state index in [0.717, 1.165) is 11.5 Å². The number of hydrogen-bond donors (Lipinski definition) is 2. The zero-order valence-corrected chi connectivity index (χ0v) is 8.47. The number of rotatable bonds is 2. The van der Waals surface area contributed by atoms with E-state index in [1.165, 1.54) is 24.4 Å². The van der Waals surface area contributed by atoms with Crippen molar-refractivity contribution in [1.82, 2.24) is 14.9 Å². The standard InChI is InChI=1S/C8H14N4S/c1-6-2-3-7(4-9-6)11-8-5-10-12-13-8/h5-7,9,11H,2-4H2,1H3. The lowest BCUT2D eigenvalue weighted by atomic mass is 10.0. The maximum Gasteiger partial charge on any atom is 0.130 e. The highest BCUT2D eigenvalue weighted by Crippen LogP contribution is 2.15. The molecule has 2 heterocycles. The van der Waals surface area contributed by atoms with Crippen molar-refractivity contribution in [2.75, 3.05) is 11.9 Å². The number of nitrogens with zero attached hydrogens (tertiary/aromatic N) is 2. The second-order valence-electron chi connectivity index (χ2n) is 3.51. The van der Waals surface area contributed by atoms with Gasteiger partial charge < -0.3 is 10.6 Å². The molecule has 0 aromatic carbocycles. The van der Waals surface area contributed by atoms with Gasteiger partial charge >= 0.3 is 0 Å². The first kappa shape index (κ1) is 8.90. The molecule has 0 bridgehead atoms. The van der Waals surface area contributed by atoms with Crippen molar-refractivity contribution in [1.29, 1.82) is 0 Å². The predicted octanol–water partition coefficient (Wildman–Crippen LogP) is 1.09. The molecule has 1 aliphatic rings. The maximum absolute atomic E-state index is 3.81. The van der Waals surface area contributed by atoms with Gasteiger partial charge in [0.1, 0.15) is 5.00 Å². The zero-order valence-electron chi connectivity index (χ0n) is 7.66. The third-order valence-corrected chi connectivity index (χ3v) is 2.96. The van der Waals surface area contributed by atoms with E-state index in [4.69, 9.17) is 0 Å². The van der Waals surface area contributed by atoms with Gasteiger partial charge in [-0.1, -0.05) is 4.49 Å². The lowest BCUT2D eigenvalue weighted by Gasteiger charge is -2.28. The van der Waals surface area contributed by atoms with Crippen molar-refractivity contribution < 1.29 is 0 Å². The molecule has 2 rings (SSSR count). The van der Waals surface area contributed by atoms with Gasteiger partial charge in [-0.05, 0) is 19.8 Å². The quantitative estimate of drug-likeness (QED) is 0.747. The van der Waals surface area contributed by atoms with Crippen LogP contribution in [0.1, 0.15) is 19.8 Å². The second kappa shape index (κ2) is 4.02. The molecule has 0 radical (unpaired) electrons. The van der Waals surface area contributed by atoms with Gasteiger partial charge in [-0.2, -0.15) is 0 Å². The Kier molecular flexibility index (Phi) is 2.75. The predicted molar refractivity (Wildman–Crippen MR) is 54.0 cm³/mol. The van der Waals surface area contributed by atoms with Crippen molar-refractivity contribution in [3.63, 3.8) is 0 Å². The van der Waals surface area contributed by atoms with Crippen LogP contribution in [-0.2, 0) is 0 Å². The SMILES string of the molecule is CC1CCC(Nc2cnns2)CN1. The summed E-state index contributed by atoms with van der Waals surface area (Å²) in [6.07, 6.45) is 4.25. The van der Waals surface area contributed by atoms with Gasteiger partial charge in [-0.25, -0.2) is 0 Å². The van der Waals surface area contributed by atoms with E-state index in [9.17, 15) is 0 Å². The average molecular weight is 198 g/mol. The molecule has 1 aliphatic heterocycles. The summed E-state index contributed by atoms with van der Waals surface area (Å²) in [7, 11) is 0. The number of piperidine rings is 1. The van der Waals surface area contributed by atoms with E-state index in [0.29, 0.717) is 12.1 Å². The molecule has 2 N–H and O–H groups in total. The summed E-state index contributed by atoms with van der Waals surface area (Å²) in [6.45, 7) is 3.27. The van der Waals surface area contributed by atoms with Gasteiger partial charge in [0.25, 0.3) is 0 Å². The molecule has 0 amide bonds. The summed E-state index contributed by atoms with van der Waals surface area (Å²) in [5, 5.41) is 11.7. The normalized spacial score (nSPS) is 28.7. The van der Waals surface area contributed by atoms with Crippen molar-refractivity contribution in [3.05, 3.63) is 6.20 Å². The Bertz CT molecular complexity index is 241. The lowest BCUT2D eigenvalue weighted by molar-refractivity contribution is 0.399. The summed E-state index contributed by atoms with van der Waals surface area (Å²) in [5.74, 6) is 0. The lowest BCUT2D eigenvalue weighted by Crippen LogP contribution is -2.43. The van der Waals surface area contributed by atoms with Crippen LogP contribution in [0.4, 0.5) is 5.00 Å². The van der Waals surface area contributed by atoms with Crippen molar-refractivity contribution >= 4 is 16.5 Å². The molecule has 0 saturated carbocycles. The minimum atomic E-state index is 0.540. The van der Waals surface area contributed by atoms with Crippen LogP contribution in [0.2, 0.25) is 0 Å². The molecule has 13 heavy (non-hydrogen) atoms. The summed E-state index contributed by atoms with van der Waals surface area (Å²) < 4.78 is 3.81. The molecule has 2 unspecified atom stereocenters. The Morgan fingerprint density at radius 1 is 1.62 bits per heavy atom. The fourth-order valence-electron chi connectivity index (χ4n) is 1.55. The number of aromatic nitrogens is 2. The van der Waals surface area contributed by atoms with Gasteiger partial charge in [0, 0.05) is 30.2 Å². The molecular formula is C8H14N4S. The topological polar surface area (TPSA) is 49.8 Å². The van der Waals surface area contributed by atoms with Crippen LogP contribution < -0.4 is 10.6 Å². The minimum absolute atomic E-state index is 0.540. The molecule has 1 saturated heterocycles. The minimum Gasteiger partial charge on any atom is -0.370 e. The Balaban J connectivity index is 1.83. The Hall–Kier alpha value is -0.680. The highest BCUT2D eigenvalue weighted by atomic mass is 32.1. The van der Waals surface area contributed by atoms with E-state index in [-0.39, 0.29) is 0 Å². The summed E-state index contributed by atoms with van der Waals surface area (Å²) in [5.41, 5.74) is 0. The van der Waals surface area contributed by atoms with Gasteiger partial charge in [0.2, 0.25) is 0 Å². The molecule has 1 fully saturated rings. The highest BCUT2D eigenvalue weighted by Gasteiger charge is 2.17. The van der Waals surface area contributed by atoms with Crippen molar-refractivity contribution in [2.45, 2.75) is 31.8 Å². The first-order valence-electron chi connectivity index (χ1n) is 4.62. The molecule has 4 nitrogen and oxygen atoms in total. The monoisotopic (exact) mass is 198 g/mol. The van der Waals surface area contributed by atoms with Crippen LogP contribution in [-0.4, -0.2) is 28.2 Å². The van der Waals surface area contributed by atoms with E-state index >= 15 is 0 Å². The first-order chi connectivity index (χ1) is 6.34. The summed E-state index contributed by atoms with van der Waals surface area (Å²) >= 11 is 1.42. The van der Waals surface area contributed by atoms with E-state index in [1.54, 1.807) is 6.20 Å². The van der Waals surface area contributed by atoms with E-state index in [2.05, 4.69) is 27.1 Å². The number of anilines is 1. The fraction of sp³-hybridized carbons (Fsp3) is 0.750. The van der Waals surface area contributed by atoms with Gasteiger partial charge in [-0.15, -0.1) is 5.10 Å². The van der Waals surface area contributed by atoms with Crippen molar-refractivity contribution in [2.24, 2.45) is 0 Å². The van der Waals surface area contributed by atoms with Gasteiger partial charge in [-0.3, -0.25) is 0 Å². The fourth-order valence-corrected chi connectivity index (χ4v) is 2.05. The smallest absolute Gasteiger partial charge is 0.130 e. The van der Waals surface area contributed by atoms with E-state index in [1.807, 2.05) is 0 Å². The van der Waals surface area contributed by atoms with Crippen LogP contribution in [0.5, 0.6) is 0 Å². The van der Waals surface area contributed by atoms with Gasteiger partial charge in [0.15, 0.2) is 0 Å². The molecule has 0 aliphatic carbocycles. The van der Waals surface area contributed by atoms with Gasteiger partial charge in [0.05, 0.1) is 6.20 Å². The van der Waals surface area contributed by atoms with E-state index < -0.39 is 0 Å². The van der Waals surface area contributed by atoms with Crippen LogP contribution in [0.25, 0.3) is 0 Å². The average Bonchev–Trinajstić information content (AvgIpc) is 2.62. The molecular weight excluding hydrogens is 184 g/mol. The first-order valence-corrected chi connectivity index (χ1v) is 5.39. The highest BCUT2D eigenvalue weighted by molar-refractivity contribution is 7.09. The largest absolute Gasteiger partial charge is 0.370 e. The molecule has 72 valence electrons. The number of nitrogens with one attached hydrogen (secondary N) is 2. The number of hydrogen-bond acceptors (Lipinski definition) is 5. The Labute approximate surface area is 81.9 Å². The van der Waals surface area contributed by atoms with Crippen LogP contribution in [0.15, 0.2) is 6.20 Å². The molecule has 0 spiro atoms. The third-order valence-electron chi connectivity index (χ3n) is 2.37. The maximum atomic E-state index is 3.81. The second-order valence-corrected chi connectivity index (χ2v) is 4.30. The van der Waals surface area contributed by atoms with Crippen molar-refractivity contribution in [3.8, 4) is 0 Å². The zero-order chi connectivity index (χ0) is 9.10. The molecule has 1 aromatic rings.